The molecule has 0 bridgehead atoms. The van der Waals surface area contributed by atoms with Crippen molar-refractivity contribution in [3.05, 3.63) is 0 Å². The predicted molar refractivity (Wildman–Crippen MR) is 40.8 cm³/mol. The number of hydrogen-bond acceptors (Lipinski definition) is 1. The summed E-state index contributed by atoms with van der Waals surface area (Å²) < 4.78 is 11.6. The molecule has 0 heterocycles. The Morgan fingerprint density at radius 3 is 2.80 bits per heavy atom. The molecule has 0 saturated heterocycles. The monoisotopic (exact) mass is 145 g/mol. The number of hydrogen-bond donors (Lipinski definition) is 1. The summed E-state index contributed by atoms with van der Waals surface area (Å²) in [5, 5.41) is 3.13. The summed E-state index contributed by atoms with van der Waals surface area (Å²) in [4.78, 5) is 0. The van der Waals surface area contributed by atoms with Crippen LogP contribution in [0.1, 0.15) is 26.2 Å². The molecule has 60 valence electrons. The van der Waals surface area contributed by atoms with E-state index in [0.29, 0.717) is 12.6 Å². The van der Waals surface area contributed by atoms with Gasteiger partial charge in [-0.15, -0.1) is 0 Å². The van der Waals surface area contributed by atoms with Gasteiger partial charge in [-0.25, -0.2) is 4.39 Å². The van der Waals surface area contributed by atoms with Crippen molar-refractivity contribution in [3.8, 4) is 0 Å². The maximum Gasteiger partial charge on any atom is 0.102 e. The number of alkyl halides is 1. The van der Waals surface area contributed by atoms with Crippen LogP contribution in [0.5, 0.6) is 0 Å². The second-order valence-electron chi connectivity index (χ2n) is 3.22. The standard InChI is InChI=1S/C8H16FN/c1-7(10-5-4-9)6-8-2-3-8/h7-8,10H,2-6H2,1H3. The van der Waals surface area contributed by atoms with Crippen molar-refractivity contribution >= 4 is 0 Å². The molecule has 0 aromatic carbocycles. The van der Waals surface area contributed by atoms with Gasteiger partial charge in [0.25, 0.3) is 0 Å². The Kier molecular flexibility index (Phi) is 3.13. The third-order valence-corrected chi connectivity index (χ3v) is 1.97. The van der Waals surface area contributed by atoms with Crippen LogP contribution in [0, 0.1) is 5.92 Å². The normalized spacial score (nSPS) is 21.0. The summed E-state index contributed by atoms with van der Waals surface area (Å²) in [5.41, 5.74) is 0. The molecule has 0 aromatic rings. The maximum absolute atomic E-state index is 11.6. The van der Waals surface area contributed by atoms with Crippen molar-refractivity contribution in [1.29, 1.82) is 0 Å². The highest BCUT2D eigenvalue weighted by Gasteiger charge is 2.22. The third kappa shape index (κ3) is 3.16. The van der Waals surface area contributed by atoms with Crippen LogP contribution in [0.3, 0.4) is 0 Å². The van der Waals surface area contributed by atoms with Crippen LogP contribution in [-0.2, 0) is 0 Å². The number of nitrogens with one attached hydrogen (secondary N) is 1. The second kappa shape index (κ2) is 3.91. The molecule has 0 radical (unpaired) electrons. The second-order valence-corrected chi connectivity index (χ2v) is 3.22. The lowest BCUT2D eigenvalue weighted by Gasteiger charge is -2.10. The quantitative estimate of drug-likeness (QED) is 0.621. The predicted octanol–water partition coefficient (Wildman–Crippen LogP) is 1.73. The molecule has 1 saturated carbocycles. The van der Waals surface area contributed by atoms with Crippen LogP contribution < -0.4 is 5.32 Å². The van der Waals surface area contributed by atoms with Gasteiger partial charge < -0.3 is 5.32 Å². The zero-order valence-electron chi connectivity index (χ0n) is 6.57. The zero-order chi connectivity index (χ0) is 7.40. The van der Waals surface area contributed by atoms with Gasteiger partial charge in [-0.05, 0) is 19.3 Å². The summed E-state index contributed by atoms with van der Waals surface area (Å²) in [7, 11) is 0. The van der Waals surface area contributed by atoms with E-state index in [2.05, 4.69) is 12.2 Å². The SMILES string of the molecule is CC(CC1CC1)NCCF. The van der Waals surface area contributed by atoms with Gasteiger partial charge in [0.15, 0.2) is 0 Å². The molecular formula is C8H16FN. The first-order chi connectivity index (χ1) is 4.83. The molecule has 0 aromatic heterocycles. The molecule has 0 spiro atoms. The van der Waals surface area contributed by atoms with Crippen LogP contribution in [0.15, 0.2) is 0 Å². The molecule has 1 aliphatic carbocycles. The highest BCUT2D eigenvalue weighted by molar-refractivity contribution is 4.77. The molecule has 1 N–H and O–H groups in total. The van der Waals surface area contributed by atoms with E-state index in [1.54, 1.807) is 0 Å². The fourth-order valence-electron chi connectivity index (χ4n) is 1.24. The molecule has 2 heteroatoms. The molecule has 1 fully saturated rings. The Hall–Kier alpha value is -0.110. The van der Waals surface area contributed by atoms with E-state index in [4.69, 9.17) is 0 Å². The van der Waals surface area contributed by atoms with Gasteiger partial charge in [0, 0.05) is 12.6 Å². The summed E-state index contributed by atoms with van der Waals surface area (Å²) >= 11 is 0. The topological polar surface area (TPSA) is 12.0 Å². The summed E-state index contributed by atoms with van der Waals surface area (Å²) in [6, 6.07) is 0.517. The van der Waals surface area contributed by atoms with Gasteiger partial charge in [0.2, 0.25) is 0 Å². The lowest BCUT2D eigenvalue weighted by molar-refractivity contribution is 0.421. The first-order valence-corrected chi connectivity index (χ1v) is 4.12. The van der Waals surface area contributed by atoms with E-state index in [9.17, 15) is 4.39 Å². The molecule has 10 heavy (non-hydrogen) atoms. The lowest BCUT2D eigenvalue weighted by atomic mass is 10.2. The lowest BCUT2D eigenvalue weighted by Crippen LogP contribution is -2.28. The summed E-state index contributed by atoms with van der Waals surface area (Å²) in [6.45, 7) is 2.41. The van der Waals surface area contributed by atoms with Crippen molar-refractivity contribution in [2.75, 3.05) is 13.2 Å². The van der Waals surface area contributed by atoms with Gasteiger partial charge in [-0.3, -0.25) is 0 Å². The Morgan fingerprint density at radius 2 is 2.30 bits per heavy atom. The molecule has 0 aliphatic heterocycles. The van der Waals surface area contributed by atoms with Gasteiger partial charge in [0.05, 0.1) is 0 Å². The van der Waals surface area contributed by atoms with E-state index in [1.807, 2.05) is 0 Å². The van der Waals surface area contributed by atoms with E-state index in [0.717, 1.165) is 5.92 Å². The van der Waals surface area contributed by atoms with E-state index >= 15 is 0 Å². The molecule has 1 atom stereocenters. The highest BCUT2D eigenvalue weighted by atomic mass is 19.1. The Balaban J connectivity index is 1.91. The van der Waals surface area contributed by atoms with Crippen molar-refractivity contribution < 1.29 is 4.39 Å². The fraction of sp³-hybridized carbons (Fsp3) is 1.00. The summed E-state index contributed by atoms with van der Waals surface area (Å²) in [5.74, 6) is 0.946. The average molecular weight is 145 g/mol. The van der Waals surface area contributed by atoms with Gasteiger partial charge in [0.1, 0.15) is 6.67 Å². The molecule has 1 nitrogen and oxygen atoms in total. The van der Waals surface area contributed by atoms with Crippen LogP contribution in [-0.4, -0.2) is 19.3 Å². The first kappa shape index (κ1) is 7.99. The van der Waals surface area contributed by atoms with E-state index < -0.39 is 0 Å². The highest BCUT2D eigenvalue weighted by Crippen LogP contribution is 2.33. The minimum absolute atomic E-state index is 0.241. The summed E-state index contributed by atoms with van der Waals surface area (Å²) in [6.07, 6.45) is 4.02. The van der Waals surface area contributed by atoms with Crippen LogP contribution in [0.25, 0.3) is 0 Å². The fourth-order valence-corrected chi connectivity index (χ4v) is 1.24. The Labute approximate surface area is 62.0 Å². The van der Waals surface area contributed by atoms with Crippen molar-refractivity contribution in [1.82, 2.24) is 5.32 Å². The maximum atomic E-state index is 11.6. The smallest absolute Gasteiger partial charge is 0.102 e. The van der Waals surface area contributed by atoms with Crippen molar-refractivity contribution in [2.45, 2.75) is 32.2 Å². The minimum atomic E-state index is -0.241. The molecule has 1 rings (SSSR count). The minimum Gasteiger partial charge on any atom is -0.312 e. The average Bonchev–Trinajstić information content (AvgIpc) is 2.67. The molecule has 0 amide bonds. The van der Waals surface area contributed by atoms with Gasteiger partial charge >= 0.3 is 0 Å². The van der Waals surface area contributed by atoms with E-state index in [-0.39, 0.29) is 6.67 Å². The third-order valence-electron chi connectivity index (χ3n) is 1.97. The Morgan fingerprint density at radius 1 is 1.60 bits per heavy atom. The molecule has 1 aliphatic rings. The molecular weight excluding hydrogens is 129 g/mol. The van der Waals surface area contributed by atoms with E-state index in [1.165, 1.54) is 19.3 Å². The zero-order valence-corrected chi connectivity index (χ0v) is 6.57. The molecule has 1 unspecified atom stereocenters. The van der Waals surface area contributed by atoms with Gasteiger partial charge in [-0.1, -0.05) is 12.8 Å². The van der Waals surface area contributed by atoms with Crippen molar-refractivity contribution in [3.63, 3.8) is 0 Å². The van der Waals surface area contributed by atoms with Gasteiger partial charge in [-0.2, -0.15) is 0 Å². The van der Waals surface area contributed by atoms with Crippen LogP contribution in [0.4, 0.5) is 4.39 Å². The largest absolute Gasteiger partial charge is 0.312 e. The number of halogens is 1. The van der Waals surface area contributed by atoms with Crippen LogP contribution in [0.2, 0.25) is 0 Å². The van der Waals surface area contributed by atoms with Crippen molar-refractivity contribution in [2.24, 2.45) is 5.92 Å². The first-order valence-electron chi connectivity index (χ1n) is 4.12. The number of rotatable bonds is 5. The Bertz CT molecular complexity index is 91.3. The van der Waals surface area contributed by atoms with Crippen LogP contribution >= 0.6 is 0 Å².